The molecular formula is C13H20BrN3O. The molecule has 0 spiro atoms. The normalized spacial score (nSPS) is 13.2. The predicted octanol–water partition coefficient (Wildman–Crippen LogP) is 2.53. The molecule has 1 aromatic rings. The largest absolute Gasteiger partial charge is 0.488 e. The monoisotopic (exact) mass is 313 g/mol. The second-order valence-electron chi connectivity index (χ2n) is 4.01. The van der Waals surface area contributed by atoms with Crippen molar-refractivity contribution in [2.45, 2.75) is 26.4 Å². The van der Waals surface area contributed by atoms with Gasteiger partial charge in [-0.2, -0.15) is 0 Å². The lowest BCUT2D eigenvalue weighted by molar-refractivity contribution is 0.229. The number of ether oxygens (including phenoxy) is 1. The Balaban J connectivity index is 2.42. The Bertz CT molecular complexity index is 396. The van der Waals surface area contributed by atoms with Gasteiger partial charge in [-0.1, -0.05) is 19.1 Å². The van der Waals surface area contributed by atoms with Crippen LogP contribution in [0.5, 0.6) is 5.75 Å². The lowest BCUT2D eigenvalue weighted by atomic mass is 10.3. The highest BCUT2D eigenvalue weighted by molar-refractivity contribution is 9.10. The molecule has 0 amide bonds. The number of halogens is 1. The molecule has 0 bridgehead atoms. The number of hydrogen-bond donors (Lipinski definition) is 2. The third-order valence-corrected chi connectivity index (χ3v) is 2.89. The highest BCUT2D eigenvalue weighted by Crippen LogP contribution is 2.24. The maximum Gasteiger partial charge on any atom is 0.188 e. The molecule has 3 N–H and O–H groups in total. The lowest BCUT2D eigenvalue weighted by Gasteiger charge is -2.14. The molecule has 1 rings (SSSR count). The minimum absolute atomic E-state index is 0.0225. The van der Waals surface area contributed by atoms with E-state index in [-0.39, 0.29) is 6.10 Å². The summed E-state index contributed by atoms with van der Waals surface area (Å²) in [6.45, 7) is 5.42. The van der Waals surface area contributed by atoms with Gasteiger partial charge < -0.3 is 15.8 Å². The molecule has 1 atom stereocenters. The number of para-hydroxylation sites is 1. The minimum Gasteiger partial charge on any atom is -0.488 e. The number of nitrogens with two attached hydrogens (primary N) is 1. The zero-order valence-electron chi connectivity index (χ0n) is 10.8. The zero-order valence-corrected chi connectivity index (χ0v) is 12.4. The first-order valence-corrected chi connectivity index (χ1v) is 6.87. The fourth-order valence-electron chi connectivity index (χ4n) is 1.33. The van der Waals surface area contributed by atoms with E-state index in [9.17, 15) is 0 Å². The van der Waals surface area contributed by atoms with Gasteiger partial charge >= 0.3 is 0 Å². The fraction of sp³-hybridized carbons (Fsp3) is 0.462. The molecule has 0 heterocycles. The zero-order chi connectivity index (χ0) is 13.4. The van der Waals surface area contributed by atoms with Crippen LogP contribution in [-0.4, -0.2) is 25.2 Å². The smallest absolute Gasteiger partial charge is 0.188 e. The lowest BCUT2D eigenvalue weighted by Crippen LogP contribution is -2.33. The summed E-state index contributed by atoms with van der Waals surface area (Å²) in [6, 6.07) is 7.76. The van der Waals surface area contributed by atoms with E-state index < -0.39 is 0 Å². The molecule has 5 heteroatoms. The quantitative estimate of drug-likeness (QED) is 0.626. The molecule has 0 aliphatic rings. The van der Waals surface area contributed by atoms with Gasteiger partial charge in [0.2, 0.25) is 0 Å². The van der Waals surface area contributed by atoms with E-state index in [1.54, 1.807) is 0 Å². The highest BCUT2D eigenvalue weighted by Gasteiger charge is 2.06. The number of guanidine groups is 1. The summed E-state index contributed by atoms with van der Waals surface area (Å²) >= 11 is 3.44. The van der Waals surface area contributed by atoms with E-state index in [0.29, 0.717) is 12.5 Å². The maximum atomic E-state index is 5.76. The van der Waals surface area contributed by atoms with Crippen LogP contribution in [0.25, 0.3) is 0 Å². The molecule has 0 saturated carbocycles. The van der Waals surface area contributed by atoms with E-state index in [4.69, 9.17) is 10.5 Å². The van der Waals surface area contributed by atoms with Crippen molar-refractivity contribution < 1.29 is 4.74 Å². The first kappa shape index (κ1) is 14.8. The molecule has 0 fully saturated rings. The van der Waals surface area contributed by atoms with Crippen LogP contribution in [0.1, 0.15) is 20.3 Å². The molecule has 0 aromatic heterocycles. The Kier molecular flexibility index (Phi) is 6.57. The standard InChI is InChI=1S/C13H20BrN3O/c1-3-8-16-13(15)17-9-10(2)18-12-7-5-4-6-11(12)14/h4-7,10H,3,8-9H2,1-2H3,(H3,15,16,17). The van der Waals surface area contributed by atoms with E-state index in [2.05, 4.69) is 33.2 Å². The SMILES string of the molecule is CCCNC(N)=NCC(C)Oc1ccccc1Br. The van der Waals surface area contributed by atoms with E-state index in [1.165, 1.54) is 0 Å². The van der Waals surface area contributed by atoms with E-state index in [0.717, 1.165) is 23.2 Å². The molecule has 0 radical (unpaired) electrons. The number of nitrogens with zero attached hydrogens (tertiary/aromatic N) is 1. The fourth-order valence-corrected chi connectivity index (χ4v) is 1.71. The van der Waals surface area contributed by atoms with Crippen molar-refractivity contribution in [2.75, 3.05) is 13.1 Å². The summed E-state index contributed by atoms with van der Waals surface area (Å²) in [5.74, 6) is 1.29. The molecule has 0 aliphatic carbocycles. The van der Waals surface area contributed by atoms with Gasteiger partial charge in [-0.05, 0) is 41.4 Å². The van der Waals surface area contributed by atoms with Crippen molar-refractivity contribution in [1.29, 1.82) is 0 Å². The van der Waals surface area contributed by atoms with Crippen molar-refractivity contribution in [3.63, 3.8) is 0 Å². The average Bonchev–Trinajstić information content (AvgIpc) is 2.36. The van der Waals surface area contributed by atoms with E-state index >= 15 is 0 Å². The molecule has 18 heavy (non-hydrogen) atoms. The second-order valence-corrected chi connectivity index (χ2v) is 4.87. The molecular weight excluding hydrogens is 294 g/mol. The maximum absolute atomic E-state index is 5.76. The van der Waals surface area contributed by atoms with Crippen LogP contribution in [-0.2, 0) is 0 Å². The van der Waals surface area contributed by atoms with Crippen LogP contribution < -0.4 is 15.8 Å². The third-order valence-electron chi connectivity index (χ3n) is 2.24. The average molecular weight is 314 g/mol. The van der Waals surface area contributed by atoms with Crippen LogP contribution in [0.3, 0.4) is 0 Å². The van der Waals surface area contributed by atoms with E-state index in [1.807, 2.05) is 31.2 Å². The van der Waals surface area contributed by atoms with Gasteiger partial charge in [0.1, 0.15) is 11.9 Å². The van der Waals surface area contributed by atoms with Gasteiger partial charge in [-0.15, -0.1) is 0 Å². The first-order chi connectivity index (χ1) is 8.63. The molecule has 1 aromatic carbocycles. The number of benzene rings is 1. The third kappa shape index (κ3) is 5.40. The predicted molar refractivity (Wildman–Crippen MR) is 79.0 cm³/mol. The van der Waals surface area contributed by atoms with Crippen molar-refractivity contribution in [2.24, 2.45) is 10.7 Å². The van der Waals surface area contributed by atoms with Crippen LogP contribution in [0, 0.1) is 0 Å². The number of aliphatic imine (C=N–C) groups is 1. The van der Waals surface area contributed by atoms with Crippen molar-refractivity contribution >= 4 is 21.9 Å². The Morgan fingerprint density at radius 1 is 1.50 bits per heavy atom. The summed E-state index contributed by atoms with van der Waals surface area (Å²) < 4.78 is 6.71. The van der Waals surface area contributed by atoms with Gasteiger partial charge in [0.25, 0.3) is 0 Å². The molecule has 0 aliphatic heterocycles. The van der Waals surface area contributed by atoms with Gasteiger partial charge in [0, 0.05) is 6.54 Å². The van der Waals surface area contributed by atoms with Crippen LogP contribution in [0.15, 0.2) is 33.7 Å². The number of nitrogens with one attached hydrogen (secondary N) is 1. The summed E-state index contributed by atoms with van der Waals surface area (Å²) in [7, 11) is 0. The summed E-state index contributed by atoms with van der Waals surface area (Å²) in [5.41, 5.74) is 5.71. The Labute approximate surface area is 117 Å². The molecule has 100 valence electrons. The Morgan fingerprint density at radius 2 is 2.22 bits per heavy atom. The van der Waals surface area contributed by atoms with Crippen LogP contribution in [0.2, 0.25) is 0 Å². The first-order valence-electron chi connectivity index (χ1n) is 6.08. The van der Waals surface area contributed by atoms with Crippen molar-refractivity contribution in [3.05, 3.63) is 28.7 Å². The van der Waals surface area contributed by atoms with Crippen molar-refractivity contribution in [1.82, 2.24) is 5.32 Å². The summed E-state index contributed by atoms with van der Waals surface area (Å²) in [4.78, 5) is 4.23. The van der Waals surface area contributed by atoms with Crippen molar-refractivity contribution in [3.8, 4) is 5.75 Å². The van der Waals surface area contributed by atoms with Gasteiger partial charge in [0.15, 0.2) is 5.96 Å². The van der Waals surface area contributed by atoms with Gasteiger partial charge in [0.05, 0.1) is 11.0 Å². The Hall–Kier alpha value is -1.23. The highest BCUT2D eigenvalue weighted by atomic mass is 79.9. The number of hydrogen-bond acceptors (Lipinski definition) is 2. The second kappa shape index (κ2) is 7.97. The summed E-state index contributed by atoms with van der Waals surface area (Å²) in [5, 5.41) is 3.03. The minimum atomic E-state index is -0.0225. The number of rotatable bonds is 6. The van der Waals surface area contributed by atoms with Gasteiger partial charge in [-0.3, -0.25) is 0 Å². The van der Waals surface area contributed by atoms with Gasteiger partial charge in [-0.25, -0.2) is 4.99 Å². The Morgan fingerprint density at radius 3 is 2.89 bits per heavy atom. The van der Waals surface area contributed by atoms with Crippen LogP contribution in [0.4, 0.5) is 0 Å². The summed E-state index contributed by atoms with van der Waals surface area (Å²) in [6.07, 6.45) is 1.00. The molecule has 4 nitrogen and oxygen atoms in total. The molecule has 1 unspecified atom stereocenters. The van der Waals surface area contributed by atoms with Crippen LogP contribution >= 0.6 is 15.9 Å². The molecule has 0 saturated heterocycles. The topological polar surface area (TPSA) is 59.6 Å².